The summed E-state index contributed by atoms with van der Waals surface area (Å²) in [4.78, 5) is 11.7. The minimum atomic E-state index is -0.0517. The second-order valence-corrected chi connectivity index (χ2v) is 4.52. The summed E-state index contributed by atoms with van der Waals surface area (Å²) in [5.74, 6) is 0. The van der Waals surface area contributed by atoms with Gasteiger partial charge in [-0.1, -0.05) is 29.3 Å². The third-order valence-corrected chi connectivity index (χ3v) is 2.62. The molecule has 0 N–H and O–H groups in total. The fourth-order valence-corrected chi connectivity index (χ4v) is 1.98. The van der Waals surface area contributed by atoms with Gasteiger partial charge in [0.1, 0.15) is 0 Å². The van der Waals surface area contributed by atoms with E-state index in [0.29, 0.717) is 6.54 Å². The summed E-state index contributed by atoms with van der Waals surface area (Å²) in [6, 6.07) is 7.90. The fourth-order valence-electron chi connectivity index (χ4n) is 1.98. The standard InChI is InChI=1S/C14H16N2O/c1-10-4-11(2)6-13(5-10)9-16-14(17)7-12(3)8-15-16/h4-8H,9H2,1-3H3. The zero-order chi connectivity index (χ0) is 12.4. The van der Waals surface area contributed by atoms with E-state index in [1.165, 1.54) is 15.8 Å². The monoisotopic (exact) mass is 228 g/mol. The Morgan fingerprint density at radius 2 is 1.65 bits per heavy atom. The summed E-state index contributed by atoms with van der Waals surface area (Å²) in [6.07, 6.45) is 1.71. The largest absolute Gasteiger partial charge is 0.268 e. The fraction of sp³-hybridized carbons (Fsp3) is 0.286. The molecule has 0 bridgehead atoms. The molecule has 0 spiro atoms. The van der Waals surface area contributed by atoms with Crippen LogP contribution in [-0.2, 0) is 6.54 Å². The molecule has 0 aliphatic heterocycles. The SMILES string of the molecule is Cc1cc(C)cc(Cn2ncc(C)cc2=O)c1. The first-order valence-corrected chi connectivity index (χ1v) is 5.65. The van der Waals surface area contributed by atoms with Crippen LogP contribution in [-0.4, -0.2) is 9.78 Å². The summed E-state index contributed by atoms with van der Waals surface area (Å²) in [6.45, 7) is 6.51. The van der Waals surface area contributed by atoms with Gasteiger partial charge < -0.3 is 0 Å². The van der Waals surface area contributed by atoms with Gasteiger partial charge in [0.05, 0.1) is 12.7 Å². The van der Waals surface area contributed by atoms with E-state index in [2.05, 4.69) is 37.1 Å². The lowest BCUT2D eigenvalue weighted by Crippen LogP contribution is -2.22. The van der Waals surface area contributed by atoms with E-state index in [-0.39, 0.29) is 5.56 Å². The van der Waals surface area contributed by atoms with Gasteiger partial charge in [-0.15, -0.1) is 0 Å². The topological polar surface area (TPSA) is 34.9 Å². The predicted octanol–water partition coefficient (Wildman–Crippen LogP) is 2.22. The Morgan fingerprint density at radius 1 is 1.00 bits per heavy atom. The van der Waals surface area contributed by atoms with Gasteiger partial charge in [0.25, 0.3) is 5.56 Å². The van der Waals surface area contributed by atoms with Crippen LogP contribution in [0.1, 0.15) is 22.3 Å². The molecule has 0 radical (unpaired) electrons. The van der Waals surface area contributed by atoms with E-state index in [4.69, 9.17) is 0 Å². The van der Waals surface area contributed by atoms with Gasteiger partial charge in [0.2, 0.25) is 0 Å². The number of hydrogen-bond acceptors (Lipinski definition) is 2. The highest BCUT2D eigenvalue weighted by Crippen LogP contribution is 2.09. The van der Waals surface area contributed by atoms with Gasteiger partial charge in [-0.3, -0.25) is 4.79 Å². The first-order valence-electron chi connectivity index (χ1n) is 5.65. The molecule has 0 fully saturated rings. The Balaban J connectivity index is 2.34. The lowest BCUT2D eigenvalue weighted by atomic mass is 10.1. The molecule has 1 heterocycles. The van der Waals surface area contributed by atoms with Crippen molar-refractivity contribution in [1.29, 1.82) is 0 Å². The van der Waals surface area contributed by atoms with Crippen molar-refractivity contribution in [3.63, 3.8) is 0 Å². The van der Waals surface area contributed by atoms with Crippen molar-refractivity contribution in [2.75, 3.05) is 0 Å². The van der Waals surface area contributed by atoms with E-state index < -0.39 is 0 Å². The molecular formula is C14H16N2O. The van der Waals surface area contributed by atoms with E-state index >= 15 is 0 Å². The minimum absolute atomic E-state index is 0.0517. The molecule has 0 aliphatic rings. The van der Waals surface area contributed by atoms with Crippen molar-refractivity contribution in [1.82, 2.24) is 9.78 Å². The maximum Gasteiger partial charge on any atom is 0.267 e. The van der Waals surface area contributed by atoms with Crippen LogP contribution in [0.25, 0.3) is 0 Å². The lowest BCUT2D eigenvalue weighted by Gasteiger charge is -2.07. The molecule has 0 unspecified atom stereocenters. The quantitative estimate of drug-likeness (QED) is 0.790. The average Bonchev–Trinajstić information content (AvgIpc) is 2.21. The van der Waals surface area contributed by atoms with Crippen molar-refractivity contribution in [2.24, 2.45) is 0 Å². The number of aryl methyl sites for hydroxylation is 3. The average molecular weight is 228 g/mol. The highest BCUT2D eigenvalue weighted by molar-refractivity contribution is 5.28. The smallest absolute Gasteiger partial charge is 0.267 e. The van der Waals surface area contributed by atoms with Crippen LogP contribution in [0.4, 0.5) is 0 Å². The Labute approximate surface area is 101 Å². The number of aromatic nitrogens is 2. The number of nitrogens with zero attached hydrogens (tertiary/aromatic N) is 2. The first kappa shape index (κ1) is 11.6. The third kappa shape index (κ3) is 2.81. The zero-order valence-corrected chi connectivity index (χ0v) is 10.4. The summed E-state index contributed by atoms with van der Waals surface area (Å²) in [5, 5.41) is 4.14. The van der Waals surface area contributed by atoms with Gasteiger partial charge in [0, 0.05) is 6.07 Å². The van der Waals surface area contributed by atoms with E-state index in [1.807, 2.05) is 6.92 Å². The van der Waals surface area contributed by atoms with Crippen LogP contribution in [0.15, 0.2) is 35.3 Å². The second kappa shape index (κ2) is 4.53. The van der Waals surface area contributed by atoms with Crippen LogP contribution in [0.3, 0.4) is 0 Å². The van der Waals surface area contributed by atoms with Gasteiger partial charge >= 0.3 is 0 Å². The van der Waals surface area contributed by atoms with Crippen molar-refractivity contribution in [3.05, 3.63) is 63.1 Å². The predicted molar refractivity (Wildman–Crippen MR) is 68.3 cm³/mol. The Kier molecular flexibility index (Phi) is 3.09. The summed E-state index contributed by atoms with van der Waals surface area (Å²) in [7, 11) is 0. The molecule has 1 aromatic heterocycles. The van der Waals surface area contributed by atoms with Gasteiger partial charge in [-0.25, -0.2) is 4.68 Å². The van der Waals surface area contributed by atoms with Gasteiger partial charge in [0.15, 0.2) is 0 Å². The molecule has 17 heavy (non-hydrogen) atoms. The van der Waals surface area contributed by atoms with Crippen LogP contribution in [0.5, 0.6) is 0 Å². The molecule has 2 rings (SSSR count). The molecule has 88 valence electrons. The molecule has 0 amide bonds. The van der Waals surface area contributed by atoms with Crippen molar-refractivity contribution >= 4 is 0 Å². The van der Waals surface area contributed by atoms with E-state index in [1.54, 1.807) is 12.3 Å². The molecular weight excluding hydrogens is 212 g/mol. The van der Waals surface area contributed by atoms with E-state index in [0.717, 1.165) is 11.1 Å². The van der Waals surface area contributed by atoms with Gasteiger partial charge in [-0.05, 0) is 31.9 Å². The normalized spacial score (nSPS) is 10.5. The Bertz CT molecular complexity index is 579. The summed E-state index contributed by atoms with van der Waals surface area (Å²) < 4.78 is 1.49. The highest BCUT2D eigenvalue weighted by Gasteiger charge is 2.01. The highest BCUT2D eigenvalue weighted by atomic mass is 16.1. The molecule has 0 atom stereocenters. The molecule has 0 saturated heterocycles. The molecule has 1 aromatic carbocycles. The number of rotatable bonds is 2. The summed E-state index contributed by atoms with van der Waals surface area (Å²) in [5.41, 5.74) is 4.37. The second-order valence-electron chi connectivity index (χ2n) is 4.52. The van der Waals surface area contributed by atoms with Crippen LogP contribution in [0.2, 0.25) is 0 Å². The van der Waals surface area contributed by atoms with Crippen LogP contribution >= 0.6 is 0 Å². The molecule has 0 saturated carbocycles. The first-order chi connectivity index (χ1) is 8.04. The third-order valence-electron chi connectivity index (χ3n) is 2.62. The van der Waals surface area contributed by atoms with E-state index in [9.17, 15) is 4.79 Å². The molecule has 0 aliphatic carbocycles. The van der Waals surface area contributed by atoms with Crippen LogP contribution in [0, 0.1) is 20.8 Å². The molecule has 3 heteroatoms. The zero-order valence-electron chi connectivity index (χ0n) is 10.4. The van der Waals surface area contributed by atoms with Crippen molar-refractivity contribution in [3.8, 4) is 0 Å². The lowest BCUT2D eigenvalue weighted by molar-refractivity contribution is 0.635. The number of benzene rings is 1. The summed E-state index contributed by atoms with van der Waals surface area (Å²) >= 11 is 0. The number of hydrogen-bond donors (Lipinski definition) is 0. The van der Waals surface area contributed by atoms with Crippen LogP contribution < -0.4 is 5.56 Å². The Hall–Kier alpha value is -1.90. The molecule has 3 nitrogen and oxygen atoms in total. The maximum atomic E-state index is 11.7. The molecule has 2 aromatic rings. The minimum Gasteiger partial charge on any atom is -0.268 e. The van der Waals surface area contributed by atoms with Gasteiger partial charge in [-0.2, -0.15) is 5.10 Å². The van der Waals surface area contributed by atoms with Crippen molar-refractivity contribution in [2.45, 2.75) is 27.3 Å². The van der Waals surface area contributed by atoms with Crippen molar-refractivity contribution < 1.29 is 0 Å². The Morgan fingerprint density at radius 3 is 2.24 bits per heavy atom. The maximum absolute atomic E-state index is 11.7.